The van der Waals surface area contributed by atoms with E-state index in [0.29, 0.717) is 12.6 Å². The quantitative estimate of drug-likeness (QED) is 0.744. The lowest BCUT2D eigenvalue weighted by atomic mass is 10.0. The summed E-state index contributed by atoms with van der Waals surface area (Å²) in [5, 5.41) is 0. The third kappa shape index (κ3) is 4.32. The number of benzene rings is 2. The van der Waals surface area contributed by atoms with Gasteiger partial charge in [0.1, 0.15) is 6.61 Å². The molecule has 2 saturated heterocycles. The number of piperidine rings is 1. The summed E-state index contributed by atoms with van der Waals surface area (Å²) in [6.07, 6.45) is 1.86. The maximum absolute atomic E-state index is 11.8. The van der Waals surface area contributed by atoms with Crippen LogP contribution >= 0.6 is 0 Å². The zero-order valence-electron chi connectivity index (χ0n) is 17.1. The molecule has 0 unspecified atom stereocenters. The summed E-state index contributed by atoms with van der Waals surface area (Å²) in [7, 11) is 3.30. The van der Waals surface area contributed by atoms with Gasteiger partial charge in [0.25, 0.3) is 0 Å². The van der Waals surface area contributed by atoms with E-state index in [1.54, 1.807) is 14.2 Å². The Bertz CT molecular complexity index is 862. The summed E-state index contributed by atoms with van der Waals surface area (Å²) >= 11 is 0. The van der Waals surface area contributed by atoms with E-state index in [2.05, 4.69) is 35.2 Å². The maximum Gasteiger partial charge on any atom is 0.410 e. The average Bonchev–Trinajstić information content (AvgIpc) is 3.20. The molecule has 6 heteroatoms. The minimum atomic E-state index is -0.147. The van der Waals surface area contributed by atoms with Crippen molar-refractivity contribution < 1.29 is 19.0 Å². The van der Waals surface area contributed by atoms with Gasteiger partial charge < -0.3 is 19.1 Å². The Hall–Kier alpha value is -2.73. The number of likely N-dealkylation sites (tertiary alicyclic amines) is 1. The van der Waals surface area contributed by atoms with Gasteiger partial charge in [0.05, 0.1) is 20.8 Å². The van der Waals surface area contributed by atoms with E-state index < -0.39 is 0 Å². The normalized spacial score (nSPS) is 18.0. The molecule has 6 nitrogen and oxygen atoms in total. The highest BCUT2D eigenvalue weighted by Crippen LogP contribution is 2.32. The molecule has 0 atom stereocenters. The van der Waals surface area contributed by atoms with Crippen LogP contribution in [0.15, 0.2) is 42.5 Å². The van der Waals surface area contributed by atoms with Crippen LogP contribution in [0.5, 0.6) is 11.5 Å². The van der Waals surface area contributed by atoms with Gasteiger partial charge in [-0.25, -0.2) is 4.79 Å². The second-order valence-corrected chi connectivity index (χ2v) is 7.59. The molecule has 0 aliphatic carbocycles. The summed E-state index contributed by atoms with van der Waals surface area (Å²) in [6, 6.07) is 15.0. The number of cyclic esters (lactones) is 1. The number of ether oxygens (including phenoxy) is 3. The SMILES string of the molecule is COc1ccc(-c2cccc(CN3CCC(N4CCOC4=O)CC3)c2)cc1OC. The van der Waals surface area contributed by atoms with Crippen molar-refractivity contribution in [1.29, 1.82) is 0 Å². The molecule has 0 saturated carbocycles. The van der Waals surface area contributed by atoms with Crippen molar-refractivity contribution in [1.82, 2.24) is 9.80 Å². The van der Waals surface area contributed by atoms with E-state index in [1.807, 2.05) is 17.0 Å². The first-order valence-corrected chi connectivity index (χ1v) is 10.1. The molecule has 2 aromatic rings. The number of carbonyl (C=O) groups excluding carboxylic acids is 1. The van der Waals surface area contributed by atoms with Gasteiger partial charge in [-0.15, -0.1) is 0 Å². The molecule has 2 aromatic carbocycles. The number of hydrogen-bond donors (Lipinski definition) is 0. The second kappa shape index (κ2) is 8.74. The smallest absolute Gasteiger partial charge is 0.410 e. The molecular formula is C23H28N2O4. The van der Waals surface area contributed by atoms with Crippen molar-refractivity contribution in [2.45, 2.75) is 25.4 Å². The maximum atomic E-state index is 11.8. The monoisotopic (exact) mass is 396 g/mol. The number of nitrogens with zero attached hydrogens (tertiary/aromatic N) is 2. The van der Waals surface area contributed by atoms with Crippen LogP contribution in [0, 0.1) is 0 Å². The third-order valence-electron chi connectivity index (χ3n) is 5.84. The Labute approximate surface area is 172 Å². The molecule has 154 valence electrons. The molecule has 0 N–H and O–H groups in total. The van der Waals surface area contributed by atoms with Gasteiger partial charge in [-0.3, -0.25) is 4.90 Å². The highest BCUT2D eigenvalue weighted by Gasteiger charge is 2.32. The van der Waals surface area contributed by atoms with Crippen LogP contribution in [0.2, 0.25) is 0 Å². The molecular weight excluding hydrogens is 368 g/mol. The Morgan fingerprint density at radius 2 is 1.72 bits per heavy atom. The van der Waals surface area contributed by atoms with Crippen LogP contribution in [0.4, 0.5) is 4.79 Å². The molecule has 1 amide bonds. The van der Waals surface area contributed by atoms with Crippen molar-refractivity contribution in [2.75, 3.05) is 40.5 Å². The lowest BCUT2D eigenvalue weighted by molar-refractivity contribution is 0.115. The van der Waals surface area contributed by atoms with Gasteiger partial charge in [-0.2, -0.15) is 0 Å². The summed E-state index contributed by atoms with van der Waals surface area (Å²) in [5.74, 6) is 1.47. The lowest BCUT2D eigenvalue weighted by Crippen LogP contribution is -2.45. The lowest BCUT2D eigenvalue weighted by Gasteiger charge is -2.35. The standard InChI is InChI=1S/C23H28N2O4/c1-27-21-7-6-19(15-22(21)28-2)18-5-3-4-17(14-18)16-24-10-8-20(9-11-24)25-12-13-29-23(25)26/h3-7,14-15,20H,8-13,16H2,1-2H3. The fourth-order valence-corrected chi connectivity index (χ4v) is 4.25. The Kier molecular flexibility index (Phi) is 5.90. The van der Waals surface area contributed by atoms with Crippen LogP contribution in [0.25, 0.3) is 11.1 Å². The van der Waals surface area contributed by atoms with Gasteiger partial charge in [-0.1, -0.05) is 24.3 Å². The molecule has 2 fully saturated rings. The van der Waals surface area contributed by atoms with Crippen molar-refractivity contribution in [2.24, 2.45) is 0 Å². The predicted octanol–water partition coefficient (Wildman–Crippen LogP) is 3.79. The molecule has 0 aromatic heterocycles. The van der Waals surface area contributed by atoms with E-state index >= 15 is 0 Å². The zero-order valence-corrected chi connectivity index (χ0v) is 17.1. The molecule has 2 aliphatic rings. The summed E-state index contributed by atoms with van der Waals surface area (Å²) < 4.78 is 15.9. The first-order valence-electron chi connectivity index (χ1n) is 10.1. The molecule has 0 spiro atoms. The van der Waals surface area contributed by atoms with Gasteiger partial charge in [-0.05, 0) is 47.7 Å². The first-order chi connectivity index (χ1) is 14.2. The summed E-state index contributed by atoms with van der Waals surface area (Å²) in [4.78, 5) is 16.1. The Balaban J connectivity index is 1.40. The minimum absolute atomic E-state index is 0.147. The zero-order chi connectivity index (χ0) is 20.2. The van der Waals surface area contributed by atoms with E-state index in [0.717, 1.165) is 61.6 Å². The summed E-state index contributed by atoms with van der Waals surface area (Å²) in [6.45, 7) is 4.17. The topological polar surface area (TPSA) is 51.2 Å². The van der Waals surface area contributed by atoms with Crippen molar-refractivity contribution in [3.8, 4) is 22.6 Å². The number of hydrogen-bond acceptors (Lipinski definition) is 5. The van der Waals surface area contributed by atoms with E-state index in [9.17, 15) is 4.79 Å². The van der Waals surface area contributed by atoms with Crippen LogP contribution in [0.1, 0.15) is 18.4 Å². The molecule has 0 bridgehead atoms. The van der Waals surface area contributed by atoms with Crippen LogP contribution in [0.3, 0.4) is 0 Å². The first kappa shape index (κ1) is 19.6. The third-order valence-corrected chi connectivity index (χ3v) is 5.84. The number of carbonyl (C=O) groups is 1. The molecule has 29 heavy (non-hydrogen) atoms. The van der Waals surface area contributed by atoms with Crippen LogP contribution < -0.4 is 9.47 Å². The molecule has 0 radical (unpaired) electrons. The Morgan fingerprint density at radius 1 is 0.966 bits per heavy atom. The molecule has 2 aliphatic heterocycles. The second-order valence-electron chi connectivity index (χ2n) is 7.59. The van der Waals surface area contributed by atoms with Crippen molar-refractivity contribution in [3.63, 3.8) is 0 Å². The van der Waals surface area contributed by atoms with Gasteiger partial charge >= 0.3 is 6.09 Å². The van der Waals surface area contributed by atoms with E-state index in [-0.39, 0.29) is 6.09 Å². The van der Waals surface area contributed by atoms with Gasteiger partial charge in [0.2, 0.25) is 0 Å². The van der Waals surface area contributed by atoms with Gasteiger partial charge in [0.15, 0.2) is 11.5 Å². The average molecular weight is 396 g/mol. The molecule has 2 heterocycles. The van der Waals surface area contributed by atoms with Crippen LogP contribution in [-0.4, -0.2) is 62.4 Å². The number of rotatable bonds is 6. The minimum Gasteiger partial charge on any atom is -0.493 e. The molecule has 4 rings (SSSR count). The predicted molar refractivity (Wildman–Crippen MR) is 111 cm³/mol. The largest absolute Gasteiger partial charge is 0.493 e. The van der Waals surface area contributed by atoms with Crippen LogP contribution in [-0.2, 0) is 11.3 Å². The van der Waals surface area contributed by atoms with E-state index in [1.165, 1.54) is 5.56 Å². The fraction of sp³-hybridized carbons (Fsp3) is 0.435. The number of methoxy groups -OCH3 is 2. The van der Waals surface area contributed by atoms with Crippen molar-refractivity contribution >= 4 is 6.09 Å². The Morgan fingerprint density at radius 3 is 2.41 bits per heavy atom. The summed E-state index contributed by atoms with van der Waals surface area (Å²) in [5.41, 5.74) is 3.56. The van der Waals surface area contributed by atoms with Gasteiger partial charge in [0, 0.05) is 25.7 Å². The number of amides is 1. The highest BCUT2D eigenvalue weighted by atomic mass is 16.6. The highest BCUT2D eigenvalue weighted by molar-refractivity contribution is 5.70. The van der Waals surface area contributed by atoms with E-state index in [4.69, 9.17) is 14.2 Å². The fourth-order valence-electron chi connectivity index (χ4n) is 4.25. The van der Waals surface area contributed by atoms with Crippen molar-refractivity contribution in [3.05, 3.63) is 48.0 Å².